The number of amides is 4. The molecular formula is C32H25BrN2O4. The Kier molecular flexibility index (Phi) is 7.43. The number of carbonyl (C=O) groups excluding carboxylic acids is 3. The van der Waals surface area contributed by atoms with Gasteiger partial charge >= 0.3 is 6.03 Å². The predicted molar refractivity (Wildman–Crippen MR) is 156 cm³/mol. The van der Waals surface area contributed by atoms with Crippen molar-refractivity contribution in [1.82, 2.24) is 0 Å². The number of nitrogens with zero attached hydrogens (tertiary/aromatic N) is 2. The summed E-state index contributed by atoms with van der Waals surface area (Å²) < 4.78 is 6.91. The van der Waals surface area contributed by atoms with E-state index in [0.717, 1.165) is 31.0 Å². The van der Waals surface area contributed by atoms with E-state index < -0.39 is 17.8 Å². The summed E-state index contributed by atoms with van der Waals surface area (Å²) in [6.45, 7) is 4.38. The molecule has 0 radical (unpaired) electrons. The molecule has 0 atom stereocenters. The van der Waals surface area contributed by atoms with E-state index in [1.807, 2.05) is 19.9 Å². The van der Waals surface area contributed by atoms with Crippen molar-refractivity contribution in [3.8, 4) is 5.75 Å². The highest BCUT2D eigenvalue weighted by atomic mass is 79.9. The van der Waals surface area contributed by atoms with E-state index in [9.17, 15) is 14.4 Å². The lowest BCUT2D eigenvalue weighted by Gasteiger charge is -2.34. The number of imide groups is 2. The van der Waals surface area contributed by atoms with Crippen molar-refractivity contribution in [3.05, 3.63) is 129 Å². The van der Waals surface area contributed by atoms with Crippen molar-refractivity contribution in [1.29, 1.82) is 0 Å². The Balaban J connectivity index is 1.57. The number of ether oxygens (including phenoxy) is 1. The van der Waals surface area contributed by atoms with Gasteiger partial charge in [-0.25, -0.2) is 14.6 Å². The van der Waals surface area contributed by atoms with Crippen molar-refractivity contribution in [2.75, 3.05) is 9.80 Å². The summed E-state index contributed by atoms with van der Waals surface area (Å²) >= 11 is 3.48. The van der Waals surface area contributed by atoms with E-state index in [1.165, 1.54) is 6.08 Å². The molecule has 0 bridgehead atoms. The molecule has 1 fully saturated rings. The maximum atomic E-state index is 13.7. The van der Waals surface area contributed by atoms with E-state index in [4.69, 9.17) is 4.74 Å². The molecule has 0 N–H and O–H groups in total. The standard InChI is InChI=1S/C32H25BrN2O4/c1-21-15-22(2)17-23(16-21)20-39-29-14-13-25(33)18-24(29)19-28-30(36)34(26-9-5-3-6-10-26)32(38)35(31(28)37)27-11-7-4-8-12-27/h3-19H,20H2,1-2H3. The molecule has 1 aliphatic heterocycles. The monoisotopic (exact) mass is 580 g/mol. The Morgan fingerprint density at radius 3 is 1.79 bits per heavy atom. The number of rotatable bonds is 6. The molecule has 4 amide bonds. The van der Waals surface area contributed by atoms with Crippen LogP contribution in [0, 0.1) is 13.8 Å². The van der Waals surface area contributed by atoms with Gasteiger partial charge < -0.3 is 4.74 Å². The van der Waals surface area contributed by atoms with Crippen molar-refractivity contribution >= 4 is 51.2 Å². The van der Waals surface area contributed by atoms with Gasteiger partial charge in [-0.15, -0.1) is 0 Å². The van der Waals surface area contributed by atoms with Gasteiger partial charge in [0, 0.05) is 10.0 Å². The second kappa shape index (κ2) is 11.1. The second-order valence-electron chi connectivity index (χ2n) is 9.26. The first-order valence-corrected chi connectivity index (χ1v) is 13.2. The van der Waals surface area contributed by atoms with Crippen molar-refractivity contribution < 1.29 is 19.1 Å². The number of hydrogen-bond acceptors (Lipinski definition) is 4. The lowest BCUT2D eigenvalue weighted by atomic mass is 10.0. The number of benzene rings is 4. The number of halogens is 1. The fraction of sp³-hybridized carbons (Fsp3) is 0.0938. The average molecular weight is 581 g/mol. The first-order valence-electron chi connectivity index (χ1n) is 12.4. The minimum absolute atomic E-state index is 0.156. The van der Waals surface area contributed by atoms with Crippen molar-refractivity contribution in [3.63, 3.8) is 0 Å². The molecule has 7 heteroatoms. The number of para-hydroxylation sites is 2. The molecule has 39 heavy (non-hydrogen) atoms. The molecule has 0 spiro atoms. The molecule has 6 nitrogen and oxygen atoms in total. The van der Waals surface area contributed by atoms with Gasteiger partial charge in [0.1, 0.15) is 17.9 Å². The summed E-state index contributed by atoms with van der Waals surface area (Å²) in [6.07, 6.45) is 1.49. The van der Waals surface area contributed by atoms with Gasteiger partial charge in [0.15, 0.2) is 0 Å². The van der Waals surface area contributed by atoms with Crippen LogP contribution in [0.15, 0.2) is 107 Å². The van der Waals surface area contributed by atoms with E-state index >= 15 is 0 Å². The largest absolute Gasteiger partial charge is 0.488 e. The number of aryl methyl sites for hydroxylation is 2. The van der Waals surface area contributed by atoms with Crippen LogP contribution < -0.4 is 14.5 Å². The summed E-state index contributed by atoms with van der Waals surface area (Å²) in [4.78, 5) is 43.0. The van der Waals surface area contributed by atoms with Crippen LogP contribution in [0.4, 0.5) is 16.2 Å². The highest BCUT2D eigenvalue weighted by molar-refractivity contribution is 9.10. The Morgan fingerprint density at radius 2 is 1.26 bits per heavy atom. The Morgan fingerprint density at radius 1 is 0.718 bits per heavy atom. The first kappa shape index (κ1) is 26.1. The Hall–Kier alpha value is -4.49. The van der Waals surface area contributed by atoms with E-state index in [1.54, 1.807) is 72.8 Å². The first-order chi connectivity index (χ1) is 18.8. The average Bonchev–Trinajstić information content (AvgIpc) is 2.91. The van der Waals surface area contributed by atoms with Gasteiger partial charge in [-0.3, -0.25) is 9.59 Å². The maximum Gasteiger partial charge on any atom is 0.343 e. The van der Waals surface area contributed by atoms with Gasteiger partial charge in [0.05, 0.1) is 11.4 Å². The van der Waals surface area contributed by atoms with Crippen LogP contribution in [-0.2, 0) is 16.2 Å². The van der Waals surface area contributed by atoms with Gasteiger partial charge in [-0.1, -0.05) is 81.7 Å². The van der Waals surface area contributed by atoms with Crippen molar-refractivity contribution in [2.24, 2.45) is 0 Å². The molecule has 1 heterocycles. The Bertz CT molecular complexity index is 1520. The summed E-state index contributed by atoms with van der Waals surface area (Å²) in [5.74, 6) is -0.910. The fourth-order valence-corrected chi connectivity index (χ4v) is 4.95. The molecule has 0 aromatic heterocycles. The molecule has 194 valence electrons. The van der Waals surface area contributed by atoms with Gasteiger partial charge in [0.25, 0.3) is 11.8 Å². The zero-order valence-electron chi connectivity index (χ0n) is 21.4. The summed E-state index contributed by atoms with van der Waals surface area (Å²) in [5.41, 5.74) is 4.39. The number of hydrogen-bond donors (Lipinski definition) is 0. The number of anilines is 2. The maximum absolute atomic E-state index is 13.7. The topological polar surface area (TPSA) is 66.9 Å². The quantitative estimate of drug-likeness (QED) is 0.178. The third-order valence-electron chi connectivity index (χ3n) is 6.23. The van der Waals surface area contributed by atoms with Crippen LogP contribution in [0.1, 0.15) is 22.3 Å². The highest BCUT2D eigenvalue weighted by Gasteiger charge is 2.43. The van der Waals surface area contributed by atoms with Gasteiger partial charge in [-0.2, -0.15) is 0 Å². The molecule has 1 aliphatic rings. The van der Waals surface area contributed by atoms with Crippen LogP contribution in [0.5, 0.6) is 5.75 Å². The SMILES string of the molecule is Cc1cc(C)cc(COc2ccc(Br)cc2C=C2C(=O)N(c3ccccc3)C(=O)N(c3ccccc3)C2=O)c1. The molecule has 0 saturated carbocycles. The predicted octanol–water partition coefficient (Wildman–Crippen LogP) is 7.23. The number of urea groups is 1. The molecule has 5 rings (SSSR count). The lowest BCUT2D eigenvalue weighted by Crippen LogP contribution is -2.57. The van der Waals surface area contributed by atoms with Crippen LogP contribution in [-0.4, -0.2) is 17.8 Å². The van der Waals surface area contributed by atoms with E-state index in [-0.39, 0.29) is 5.57 Å². The summed E-state index contributed by atoms with van der Waals surface area (Å²) in [5, 5.41) is 0. The van der Waals surface area contributed by atoms with Crippen LogP contribution in [0.25, 0.3) is 6.08 Å². The minimum Gasteiger partial charge on any atom is -0.488 e. The smallest absolute Gasteiger partial charge is 0.343 e. The third kappa shape index (κ3) is 5.54. The molecule has 0 unspecified atom stereocenters. The number of barbiturate groups is 1. The van der Waals surface area contributed by atoms with Crippen LogP contribution >= 0.6 is 15.9 Å². The normalized spacial score (nSPS) is 13.6. The lowest BCUT2D eigenvalue weighted by molar-refractivity contribution is -0.121. The summed E-state index contributed by atoms with van der Waals surface area (Å²) in [7, 11) is 0. The summed E-state index contributed by atoms with van der Waals surface area (Å²) in [6, 6.07) is 28.0. The number of carbonyl (C=O) groups is 3. The van der Waals surface area contributed by atoms with E-state index in [0.29, 0.717) is 29.3 Å². The zero-order valence-corrected chi connectivity index (χ0v) is 23.0. The van der Waals surface area contributed by atoms with Gasteiger partial charge in [0.2, 0.25) is 0 Å². The minimum atomic E-state index is -0.736. The van der Waals surface area contributed by atoms with Crippen LogP contribution in [0.2, 0.25) is 0 Å². The van der Waals surface area contributed by atoms with Crippen LogP contribution in [0.3, 0.4) is 0 Å². The Labute approximate surface area is 235 Å². The van der Waals surface area contributed by atoms with Crippen molar-refractivity contribution in [2.45, 2.75) is 20.5 Å². The fourth-order valence-electron chi connectivity index (χ4n) is 4.57. The second-order valence-corrected chi connectivity index (χ2v) is 10.2. The molecular weight excluding hydrogens is 556 g/mol. The highest BCUT2D eigenvalue weighted by Crippen LogP contribution is 2.32. The van der Waals surface area contributed by atoms with Gasteiger partial charge in [-0.05, 0) is 68.0 Å². The molecule has 4 aromatic rings. The third-order valence-corrected chi connectivity index (χ3v) is 6.72. The molecule has 0 aliphatic carbocycles. The molecule has 1 saturated heterocycles. The zero-order chi connectivity index (χ0) is 27.5. The molecule has 4 aromatic carbocycles. The van der Waals surface area contributed by atoms with E-state index in [2.05, 4.69) is 34.1 Å².